The molecule has 1 aromatic heterocycles. The van der Waals surface area contributed by atoms with Gasteiger partial charge in [0.15, 0.2) is 0 Å². The third-order valence-corrected chi connectivity index (χ3v) is 5.33. The standard InChI is InChI=1S/C22H34N6O2/c1-4-5-11-30-22-27-19-16(15(13-23)12-17(19)20(24)28-22)9-7-6-8-10-26-18(14(2)3)21(25)29/h14,18,26H,4-12H2,1-3H3,(H2,25,29)(H2,24,27,28). The molecule has 1 atom stereocenters. The molecular formula is C22H34N6O2. The first kappa shape index (κ1) is 23.6. The van der Waals surface area contributed by atoms with Gasteiger partial charge in [-0.15, -0.1) is 0 Å². The van der Waals surface area contributed by atoms with Gasteiger partial charge in [-0.2, -0.15) is 15.2 Å². The summed E-state index contributed by atoms with van der Waals surface area (Å²) in [7, 11) is 0. The number of fused-ring (bicyclic) bond motifs is 1. The molecule has 0 bridgehead atoms. The number of nitrogens with one attached hydrogen (secondary N) is 1. The van der Waals surface area contributed by atoms with Gasteiger partial charge in [-0.1, -0.05) is 33.6 Å². The molecule has 5 N–H and O–H groups in total. The lowest BCUT2D eigenvalue weighted by atomic mass is 10.0. The van der Waals surface area contributed by atoms with E-state index in [0.29, 0.717) is 24.4 Å². The number of unbranched alkanes of at least 4 members (excludes halogenated alkanes) is 3. The first-order valence-corrected chi connectivity index (χ1v) is 10.8. The van der Waals surface area contributed by atoms with E-state index in [-0.39, 0.29) is 23.9 Å². The summed E-state index contributed by atoms with van der Waals surface area (Å²) in [6.07, 6.45) is 6.00. The number of nitrogens with zero attached hydrogens (tertiary/aromatic N) is 3. The number of aromatic nitrogens is 2. The number of anilines is 1. The van der Waals surface area contributed by atoms with E-state index in [1.54, 1.807) is 0 Å². The lowest BCUT2D eigenvalue weighted by Crippen LogP contribution is -2.45. The summed E-state index contributed by atoms with van der Waals surface area (Å²) in [6.45, 7) is 7.33. The van der Waals surface area contributed by atoms with Crippen LogP contribution in [0.5, 0.6) is 6.01 Å². The van der Waals surface area contributed by atoms with Crippen molar-refractivity contribution in [3.05, 3.63) is 16.8 Å². The molecule has 1 aromatic rings. The molecule has 30 heavy (non-hydrogen) atoms. The number of amides is 1. The number of rotatable bonds is 13. The second-order valence-corrected chi connectivity index (χ2v) is 8.06. The molecule has 0 fully saturated rings. The Morgan fingerprint density at radius 2 is 2.03 bits per heavy atom. The van der Waals surface area contributed by atoms with Gasteiger partial charge in [-0.05, 0) is 43.7 Å². The number of ether oxygens (including phenoxy) is 1. The molecule has 164 valence electrons. The molecule has 2 rings (SSSR count). The molecule has 0 radical (unpaired) electrons. The smallest absolute Gasteiger partial charge is 0.318 e. The van der Waals surface area contributed by atoms with Crippen molar-refractivity contribution in [2.75, 3.05) is 18.9 Å². The maximum absolute atomic E-state index is 11.4. The van der Waals surface area contributed by atoms with Gasteiger partial charge in [0, 0.05) is 17.6 Å². The summed E-state index contributed by atoms with van der Waals surface area (Å²) in [5.74, 6) is 0.245. The molecule has 1 heterocycles. The zero-order chi connectivity index (χ0) is 22.1. The van der Waals surface area contributed by atoms with Crippen molar-refractivity contribution in [1.29, 1.82) is 5.26 Å². The fourth-order valence-electron chi connectivity index (χ4n) is 3.60. The largest absolute Gasteiger partial charge is 0.463 e. The number of hydrogen-bond donors (Lipinski definition) is 3. The molecule has 1 aliphatic carbocycles. The fourth-order valence-corrected chi connectivity index (χ4v) is 3.60. The van der Waals surface area contributed by atoms with Crippen LogP contribution in [0, 0.1) is 17.2 Å². The predicted molar refractivity (Wildman–Crippen MR) is 117 cm³/mol. The molecule has 8 nitrogen and oxygen atoms in total. The van der Waals surface area contributed by atoms with Crippen LogP contribution >= 0.6 is 0 Å². The van der Waals surface area contributed by atoms with Gasteiger partial charge in [0.1, 0.15) is 5.82 Å². The number of nitriles is 1. The Labute approximate surface area is 179 Å². The van der Waals surface area contributed by atoms with E-state index in [9.17, 15) is 10.1 Å². The Kier molecular flexibility index (Phi) is 9.06. The molecule has 1 amide bonds. The minimum atomic E-state index is -0.314. The third kappa shape index (κ3) is 6.17. The van der Waals surface area contributed by atoms with E-state index >= 15 is 0 Å². The minimum Gasteiger partial charge on any atom is -0.463 e. The number of nitrogen functional groups attached to an aromatic ring is 1. The van der Waals surface area contributed by atoms with E-state index < -0.39 is 0 Å². The van der Waals surface area contributed by atoms with Crippen LogP contribution in [-0.2, 0) is 11.2 Å². The van der Waals surface area contributed by atoms with Crippen LogP contribution in [0.4, 0.5) is 5.82 Å². The summed E-state index contributed by atoms with van der Waals surface area (Å²) in [5, 5.41) is 12.8. The Morgan fingerprint density at radius 1 is 1.27 bits per heavy atom. The third-order valence-electron chi connectivity index (χ3n) is 5.33. The van der Waals surface area contributed by atoms with Gasteiger partial charge >= 0.3 is 6.01 Å². The van der Waals surface area contributed by atoms with Gasteiger partial charge < -0.3 is 21.5 Å². The number of nitrogens with two attached hydrogens (primary N) is 2. The average Bonchev–Trinajstić information content (AvgIpc) is 3.05. The van der Waals surface area contributed by atoms with Gasteiger partial charge in [-0.3, -0.25) is 4.79 Å². The molecule has 0 aliphatic heterocycles. The summed E-state index contributed by atoms with van der Waals surface area (Å²) >= 11 is 0. The summed E-state index contributed by atoms with van der Waals surface area (Å²) in [6, 6.07) is 2.29. The summed E-state index contributed by atoms with van der Waals surface area (Å²) in [5.41, 5.74) is 14.8. The van der Waals surface area contributed by atoms with Crippen molar-refractivity contribution >= 4 is 17.3 Å². The SMILES string of the molecule is CCCCOc1nc(N)c2c(n1)C(CCCCCNC(C(N)=O)C(C)C)=C(C#N)C2. The normalized spacial score (nSPS) is 14.0. The number of primary amides is 1. The monoisotopic (exact) mass is 414 g/mol. The highest BCUT2D eigenvalue weighted by Crippen LogP contribution is 2.37. The molecule has 0 saturated carbocycles. The van der Waals surface area contributed by atoms with Crippen LogP contribution in [0.3, 0.4) is 0 Å². The lowest BCUT2D eigenvalue weighted by molar-refractivity contribution is -0.121. The molecule has 0 aromatic carbocycles. The zero-order valence-corrected chi connectivity index (χ0v) is 18.3. The lowest BCUT2D eigenvalue weighted by Gasteiger charge is -2.18. The first-order valence-electron chi connectivity index (χ1n) is 10.8. The first-order chi connectivity index (χ1) is 14.4. The number of carbonyl (C=O) groups excluding carboxylic acids is 1. The van der Waals surface area contributed by atoms with Gasteiger partial charge in [-0.25, -0.2) is 0 Å². The second-order valence-electron chi connectivity index (χ2n) is 8.06. The van der Waals surface area contributed by atoms with Crippen LogP contribution in [0.15, 0.2) is 5.57 Å². The quantitative estimate of drug-likeness (QED) is 0.421. The van der Waals surface area contributed by atoms with Crippen LogP contribution in [0.25, 0.3) is 5.57 Å². The summed E-state index contributed by atoms with van der Waals surface area (Å²) in [4.78, 5) is 20.3. The highest BCUT2D eigenvalue weighted by Gasteiger charge is 2.27. The molecule has 8 heteroatoms. The van der Waals surface area contributed by atoms with E-state index in [1.165, 1.54) is 0 Å². The van der Waals surface area contributed by atoms with E-state index in [4.69, 9.17) is 16.2 Å². The van der Waals surface area contributed by atoms with Crippen LogP contribution < -0.4 is 21.5 Å². The van der Waals surface area contributed by atoms with Crippen molar-refractivity contribution in [2.24, 2.45) is 11.7 Å². The van der Waals surface area contributed by atoms with Crippen LogP contribution in [-0.4, -0.2) is 35.1 Å². The minimum absolute atomic E-state index is 0.166. The maximum Gasteiger partial charge on any atom is 0.318 e. The van der Waals surface area contributed by atoms with Crippen LogP contribution in [0.1, 0.15) is 70.6 Å². The second kappa shape index (κ2) is 11.5. The van der Waals surface area contributed by atoms with E-state index in [1.807, 2.05) is 13.8 Å². The average molecular weight is 415 g/mol. The highest BCUT2D eigenvalue weighted by atomic mass is 16.5. The fraction of sp³-hybridized carbons (Fsp3) is 0.636. The Morgan fingerprint density at radius 3 is 2.67 bits per heavy atom. The number of carbonyl (C=O) groups is 1. The predicted octanol–water partition coefficient (Wildman–Crippen LogP) is 2.73. The zero-order valence-electron chi connectivity index (χ0n) is 18.3. The van der Waals surface area contributed by atoms with Gasteiger partial charge in [0.05, 0.1) is 24.4 Å². The topological polar surface area (TPSA) is 140 Å². The number of allylic oxidation sites excluding steroid dienone is 2. The van der Waals surface area contributed by atoms with Crippen molar-refractivity contribution in [1.82, 2.24) is 15.3 Å². The Hall–Kier alpha value is -2.66. The van der Waals surface area contributed by atoms with Gasteiger partial charge in [0.2, 0.25) is 5.91 Å². The summed E-state index contributed by atoms with van der Waals surface area (Å²) < 4.78 is 5.63. The molecule has 1 unspecified atom stereocenters. The van der Waals surface area contributed by atoms with Crippen molar-refractivity contribution in [3.63, 3.8) is 0 Å². The molecule has 0 saturated heterocycles. The van der Waals surface area contributed by atoms with Crippen LogP contribution in [0.2, 0.25) is 0 Å². The van der Waals surface area contributed by atoms with E-state index in [0.717, 1.165) is 61.9 Å². The molecule has 1 aliphatic rings. The van der Waals surface area contributed by atoms with Crippen molar-refractivity contribution < 1.29 is 9.53 Å². The van der Waals surface area contributed by atoms with Gasteiger partial charge in [0.25, 0.3) is 0 Å². The highest BCUT2D eigenvalue weighted by molar-refractivity contribution is 5.80. The maximum atomic E-state index is 11.4. The van der Waals surface area contributed by atoms with Crippen molar-refractivity contribution in [3.8, 4) is 12.1 Å². The number of hydrogen-bond acceptors (Lipinski definition) is 7. The van der Waals surface area contributed by atoms with E-state index in [2.05, 4.69) is 28.3 Å². The molecular weight excluding hydrogens is 380 g/mol. The Balaban J connectivity index is 1.93. The molecule has 0 spiro atoms. The Bertz CT molecular complexity index is 813. The van der Waals surface area contributed by atoms with Crippen molar-refractivity contribution in [2.45, 2.75) is 71.8 Å².